The average molecular weight is 250 g/mol. The lowest BCUT2D eigenvalue weighted by Crippen LogP contribution is -2.19. The number of ether oxygens (including phenoxy) is 1. The normalized spacial score (nSPS) is 11.1. The Kier molecular flexibility index (Phi) is 3.30. The van der Waals surface area contributed by atoms with E-state index in [9.17, 15) is 28.1 Å². The second-order valence-corrected chi connectivity index (χ2v) is 2.92. The van der Waals surface area contributed by atoms with Gasteiger partial charge in [-0.2, -0.15) is 0 Å². The van der Waals surface area contributed by atoms with Crippen molar-refractivity contribution in [2.75, 3.05) is 0 Å². The van der Waals surface area contributed by atoms with Gasteiger partial charge in [0.05, 0.1) is 0 Å². The number of hydrogen-bond acceptors (Lipinski definition) is 5. The predicted molar refractivity (Wildman–Crippen MR) is 47.7 cm³/mol. The highest BCUT2D eigenvalue weighted by molar-refractivity contribution is 5.79. The van der Waals surface area contributed by atoms with Gasteiger partial charge in [0.25, 0.3) is 0 Å². The van der Waals surface area contributed by atoms with Gasteiger partial charge in [0.15, 0.2) is 6.29 Å². The summed E-state index contributed by atoms with van der Waals surface area (Å²) < 4.78 is 39.4. The first kappa shape index (κ1) is 12.9. The van der Waals surface area contributed by atoms with E-state index >= 15 is 0 Å². The van der Waals surface area contributed by atoms with E-state index in [2.05, 4.69) is 9.72 Å². The van der Waals surface area contributed by atoms with Gasteiger partial charge in [-0.1, -0.05) is 0 Å². The maximum atomic E-state index is 12.0. The first-order valence-electron chi connectivity index (χ1n) is 4.11. The van der Waals surface area contributed by atoms with Gasteiger partial charge in [-0.05, 0) is 11.8 Å². The number of pyridine rings is 1. The molecule has 0 aromatic carbocycles. The van der Waals surface area contributed by atoms with Gasteiger partial charge >= 0.3 is 18.1 Å². The van der Waals surface area contributed by atoms with Crippen molar-refractivity contribution in [3.63, 3.8) is 0 Å². The molecule has 1 aromatic heterocycles. The van der Waals surface area contributed by atoms with E-state index < -0.39 is 23.0 Å². The molecule has 1 aromatic rings. The van der Waals surface area contributed by atoms with Crippen LogP contribution in [0.1, 0.15) is 15.9 Å². The minimum atomic E-state index is -5.03. The molecule has 0 saturated carbocycles. The summed E-state index contributed by atoms with van der Waals surface area (Å²) in [5, 5.41) is 10.4. The number of aldehydes is 1. The summed E-state index contributed by atoms with van der Waals surface area (Å²) in [4.78, 5) is 23.0. The highest BCUT2D eigenvalue weighted by Gasteiger charge is 2.35. The summed E-state index contributed by atoms with van der Waals surface area (Å²) in [5.41, 5.74) is -0.506. The maximum Gasteiger partial charge on any atom is 0.575 e. The first-order chi connectivity index (χ1) is 7.74. The van der Waals surface area contributed by atoms with Crippen molar-refractivity contribution in [3.05, 3.63) is 27.3 Å². The van der Waals surface area contributed by atoms with Crippen LogP contribution in [0.15, 0.2) is 6.07 Å². The van der Waals surface area contributed by atoms with Crippen molar-refractivity contribution in [1.29, 1.82) is 0 Å². The SMILES string of the molecule is Cc1c(C=O)cc([N+](=O)[O-])nc1OC(F)(F)F. The van der Waals surface area contributed by atoms with E-state index in [0.29, 0.717) is 0 Å². The number of hydrogen-bond donors (Lipinski definition) is 0. The van der Waals surface area contributed by atoms with E-state index in [1.807, 2.05) is 0 Å². The van der Waals surface area contributed by atoms with Gasteiger partial charge < -0.3 is 14.9 Å². The van der Waals surface area contributed by atoms with Crippen molar-refractivity contribution in [3.8, 4) is 5.88 Å². The van der Waals surface area contributed by atoms with Gasteiger partial charge in [0.2, 0.25) is 0 Å². The van der Waals surface area contributed by atoms with Crippen LogP contribution in [0.2, 0.25) is 0 Å². The summed E-state index contributed by atoms with van der Waals surface area (Å²) in [6.45, 7) is 1.14. The molecular formula is C8H5F3N2O4. The topological polar surface area (TPSA) is 82.3 Å². The molecule has 6 nitrogen and oxygen atoms in total. The monoisotopic (exact) mass is 250 g/mol. The zero-order chi connectivity index (χ0) is 13.2. The fourth-order valence-electron chi connectivity index (χ4n) is 1.02. The summed E-state index contributed by atoms with van der Waals surface area (Å²) in [6, 6.07) is 0.769. The number of halogens is 3. The molecule has 9 heteroatoms. The van der Waals surface area contributed by atoms with E-state index in [0.717, 1.165) is 13.0 Å². The lowest BCUT2D eigenvalue weighted by atomic mass is 10.1. The molecule has 0 aliphatic carbocycles. The number of aromatic nitrogens is 1. The quantitative estimate of drug-likeness (QED) is 0.465. The summed E-state index contributed by atoms with van der Waals surface area (Å²) in [6.07, 6.45) is -4.85. The molecule has 0 spiro atoms. The van der Waals surface area contributed by atoms with Crippen LogP contribution in [0.25, 0.3) is 0 Å². The molecule has 1 heterocycles. The molecular weight excluding hydrogens is 245 g/mol. The van der Waals surface area contributed by atoms with E-state index in [4.69, 9.17) is 0 Å². The summed E-state index contributed by atoms with van der Waals surface area (Å²) in [7, 11) is 0. The molecule has 0 saturated heterocycles. The third-order valence-corrected chi connectivity index (χ3v) is 1.78. The number of carbonyl (C=O) groups excluding carboxylic acids is 1. The van der Waals surface area contributed by atoms with Crippen molar-refractivity contribution >= 4 is 12.1 Å². The third-order valence-electron chi connectivity index (χ3n) is 1.78. The van der Waals surface area contributed by atoms with E-state index in [1.54, 1.807) is 0 Å². The molecule has 0 aliphatic rings. The highest BCUT2D eigenvalue weighted by Crippen LogP contribution is 2.28. The molecule has 0 atom stereocenters. The first-order valence-corrected chi connectivity index (χ1v) is 4.11. The van der Waals surface area contributed by atoms with E-state index in [-0.39, 0.29) is 17.4 Å². The average Bonchev–Trinajstić information content (AvgIpc) is 2.18. The minimum Gasteiger partial charge on any atom is -0.366 e. The molecule has 0 bridgehead atoms. The zero-order valence-corrected chi connectivity index (χ0v) is 8.32. The van der Waals surface area contributed by atoms with Gasteiger partial charge in [0.1, 0.15) is 0 Å². The van der Waals surface area contributed by atoms with Gasteiger partial charge in [-0.15, -0.1) is 13.2 Å². The van der Waals surface area contributed by atoms with Crippen LogP contribution in [0.4, 0.5) is 19.0 Å². The number of rotatable bonds is 3. The minimum absolute atomic E-state index is 0.188. The van der Waals surface area contributed by atoms with Crippen LogP contribution in [0.3, 0.4) is 0 Å². The number of carbonyl (C=O) groups is 1. The Morgan fingerprint density at radius 3 is 2.53 bits per heavy atom. The van der Waals surface area contributed by atoms with Crippen LogP contribution in [-0.2, 0) is 0 Å². The van der Waals surface area contributed by atoms with Crippen molar-refractivity contribution in [2.45, 2.75) is 13.3 Å². The van der Waals surface area contributed by atoms with Gasteiger partial charge in [-0.25, -0.2) is 0 Å². The van der Waals surface area contributed by atoms with Crippen LogP contribution >= 0.6 is 0 Å². The molecule has 0 fully saturated rings. The van der Waals surface area contributed by atoms with Gasteiger partial charge in [0, 0.05) is 22.2 Å². The summed E-state index contributed by atoms with van der Waals surface area (Å²) >= 11 is 0. The second-order valence-electron chi connectivity index (χ2n) is 2.92. The fourth-order valence-corrected chi connectivity index (χ4v) is 1.02. The van der Waals surface area contributed by atoms with Crippen LogP contribution in [-0.4, -0.2) is 22.6 Å². The molecule has 17 heavy (non-hydrogen) atoms. The van der Waals surface area contributed by atoms with Crippen molar-refractivity contribution < 1.29 is 27.6 Å². The van der Waals surface area contributed by atoms with Crippen LogP contribution in [0, 0.1) is 17.0 Å². The Morgan fingerprint density at radius 2 is 2.12 bits per heavy atom. The van der Waals surface area contributed by atoms with Crippen LogP contribution in [0.5, 0.6) is 5.88 Å². The molecule has 0 radical (unpaired) electrons. The van der Waals surface area contributed by atoms with Crippen LogP contribution < -0.4 is 4.74 Å². The molecule has 0 unspecified atom stereocenters. The standard InChI is InChI=1S/C8H5F3N2O4/c1-4-5(3-14)2-6(13(15)16)12-7(4)17-8(9,10)11/h2-3H,1H3. The smallest absolute Gasteiger partial charge is 0.366 e. The van der Waals surface area contributed by atoms with Crippen molar-refractivity contribution in [2.24, 2.45) is 0 Å². The molecule has 0 aliphatic heterocycles. The number of nitro groups is 1. The largest absolute Gasteiger partial charge is 0.575 e. The molecule has 1 rings (SSSR count). The summed E-state index contributed by atoms with van der Waals surface area (Å²) in [5.74, 6) is -1.90. The zero-order valence-electron chi connectivity index (χ0n) is 8.32. The Hall–Kier alpha value is -2.19. The third kappa shape index (κ3) is 3.13. The lowest BCUT2D eigenvalue weighted by Gasteiger charge is -2.07. The molecule has 0 N–H and O–H groups in total. The van der Waals surface area contributed by atoms with E-state index in [1.165, 1.54) is 0 Å². The lowest BCUT2D eigenvalue weighted by molar-refractivity contribution is -0.390. The number of alkyl halides is 3. The highest BCUT2D eigenvalue weighted by atomic mass is 19.4. The fraction of sp³-hybridized carbons (Fsp3) is 0.250. The predicted octanol–water partition coefficient (Wildman–Crippen LogP) is 2.01. The van der Waals surface area contributed by atoms with Crippen molar-refractivity contribution in [1.82, 2.24) is 4.98 Å². The maximum absolute atomic E-state index is 12.0. The second kappa shape index (κ2) is 4.36. The Balaban J connectivity index is 3.32. The Bertz CT molecular complexity index is 473. The Morgan fingerprint density at radius 1 is 1.53 bits per heavy atom. The van der Waals surface area contributed by atoms with Gasteiger partial charge in [-0.3, -0.25) is 4.79 Å². The molecule has 0 amide bonds. The Labute approximate surface area is 92.2 Å². The number of nitrogens with zero attached hydrogens (tertiary/aromatic N) is 2. The molecule has 92 valence electrons.